The Morgan fingerprint density at radius 3 is 2.86 bits per heavy atom. The third-order valence-corrected chi connectivity index (χ3v) is 4.06. The Hall–Kier alpha value is -1.73. The van der Waals surface area contributed by atoms with Crippen molar-refractivity contribution in [2.24, 2.45) is 0 Å². The van der Waals surface area contributed by atoms with Crippen LogP contribution in [0, 0.1) is 6.92 Å². The third-order valence-electron chi connectivity index (χ3n) is 2.76. The molecule has 1 heterocycles. The van der Waals surface area contributed by atoms with E-state index in [1.807, 2.05) is 19.1 Å². The molecular formula is C14H13BrN2O3S. The van der Waals surface area contributed by atoms with Crippen LogP contribution in [0.5, 0.6) is 0 Å². The zero-order valence-electron chi connectivity index (χ0n) is 11.5. The van der Waals surface area contributed by atoms with Crippen LogP contribution in [0.2, 0.25) is 0 Å². The largest absolute Gasteiger partial charge is 0.469 e. The molecule has 1 amide bonds. The number of esters is 1. The first kappa shape index (κ1) is 15.7. The number of hydrogen-bond donors (Lipinski definition) is 1. The van der Waals surface area contributed by atoms with Crippen LogP contribution in [0.4, 0.5) is 5.13 Å². The first-order valence-corrected chi connectivity index (χ1v) is 7.75. The second-order valence-corrected chi connectivity index (χ2v) is 6.08. The van der Waals surface area contributed by atoms with E-state index in [-0.39, 0.29) is 18.3 Å². The van der Waals surface area contributed by atoms with Crippen molar-refractivity contribution in [1.29, 1.82) is 0 Å². The van der Waals surface area contributed by atoms with Crippen molar-refractivity contribution in [3.63, 3.8) is 0 Å². The number of aryl methyl sites for hydroxylation is 1. The number of halogens is 1. The van der Waals surface area contributed by atoms with Gasteiger partial charge in [-0.3, -0.25) is 14.9 Å². The minimum absolute atomic E-state index is 0.0974. The number of rotatable bonds is 4. The summed E-state index contributed by atoms with van der Waals surface area (Å²) < 4.78 is 5.50. The van der Waals surface area contributed by atoms with Crippen LogP contribution in [0.3, 0.4) is 0 Å². The predicted molar refractivity (Wildman–Crippen MR) is 84.7 cm³/mol. The van der Waals surface area contributed by atoms with Crippen molar-refractivity contribution < 1.29 is 14.3 Å². The Labute approximate surface area is 134 Å². The van der Waals surface area contributed by atoms with Gasteiger partial charge in [-0.15, -0.1) is 11.3 Å². The number of benzene rings is 1. The molecule has 0 spiro atoms. The highest BCUT2D eigenvalue weighted by molar-refractivity contribution is 9.10. The fourth-order valence-corrected chi connectivity index (χ4v) is 2.89. The van der Waals surface area contributed by atoms with Gasteiger partial charge in [-0.2, -0.15) is 0 Å². The number of nitrogens with one attached hydrogen (secondary N) is 1. The van der Waals surface area contributed by atoms with Crippen LogP contribution in [-0.2, 0) is 16.0 Å². The summed E-state index contributed by atoms with van der Waals surface area (Å²) >= 11 is 4.63. The Morgan fingerprint density at radius 2 is 2.19 bits per heavy atom. The minimum atomic E-state index is -0.359. The molecule has 0 aliphatic heterocycles. The SMILES string of the molecule is COC(=O)Cc1csc(NC(=O)c2ccc(Br)cc2C)n1. The number of amides is 1. The molecule has 2 rings (SSSR count). The van der Waals surface area contributed by atoms with Crippen molar-refractivity contribution >= 4 is 44.3 Å². The number of anilines is 1. The number of methoxy groups -OCH3 is 1. The van der Waals surface area contributed by atoms with Crippen LogP contribution in [-0.4, -0.2) is 24.0 Å². The van der Waals surface area contributed by atoms with Crippen LogP contribution in [0.15, 0.2) is 28.1 Å². The van der Waals surface area contributed by atoms with E-state index in [1.165, 1.54) is 18.4 Å². The fourth-order valence-electron chi connectivity index (χ4n) is 1.71. The molecule has 7 heteroatoms. The van der Waals surface area contributed by atoms with E-state index in [4.69, 9.17) is 0 Å². The molecule has 1 aromatic heterocycles. The van der Waals surface area contributed by atoms with Crippen molar-refractivity contribution in [3.8, 4) is 0 Å². The van der Waals surface area contributed by atoms with Crippen LogP contribution in [0.25, 0.3) is 0 Å². The van der Waals surface area contributed by atoms with Crippen LogP contribution in [0.1, 0.15) is 21.6 Å². The van der Waals surface area contributed by atoms with Crippen LogP contribution < -0.4 is 5.32 Å². The van der Waals surface area contributed by atoms with Crippen molar-refractivity contribution in [2.45, 2.75) is 13.3 Å². The van der Waals surface area contributed by atoms with Gasteiger partial charge in [0.25, 0.3) is 5.91 Å². The summed E-state index contributed by atoms with van der Waals surface area (Å²) in [5, 5.41) is 4.91. The maximum atomic E-state index is 12.2. The number of carbonyl (C=O) groups excluding carboxylic acids is 2. The first-order chi connectivity index (χ1) is 9.99. The first-order valence-electron chi connectivity index (χ1n) is 6.08. The number of carbonyl (C=O) groups is 2. The van der Waals surface area contributed by atoms with E-state index < -0.39 is 0 Å². The summed E-state index contributed by atoms with van der Waals surface area (Å²) in [5.41, 5.74) is 2.03. The molecule has 0 aliphatic rings. The normalized spacial score (nSPS) is 10.2. The molecule has 5 nitrogen and oxygen atoms in total. The fraction of sp³-hybridized carbons (Fsp3) is 0.214. The minimum Gasteiger partial charge on any atom is -0.469 e. The lowest BCUT2D eigenvalue weighted by Gasteiger charge is -2.05. The lowest BCUT2D eigenvalue weighted by molar-refractivity contribution is -0.139. The van der Waals surface area contributed by atoms with Gasteiger partial charge >= 0.3 is 5.97 Å². The molecule has 2 aromatic rings. The molecule has 0 unspecified atom stereocenters. The van der Waals surface area contributed by atoms with Gasteiger partial charge in [-0.1, -0.05) is 15.9 Å². The molecule has 110 valence electrons. The molecule has 1 N–H and O–H groups in total. The second kappa shape index (κ2) is 6.82. The molecule has 21 heavy (non-hydrogen) atoms. The lowest BCUT2D eigenvalue weighted by Crippen LogP contribution is -2.13. The maximum absolute atomic E-state index is 12.2. The lowest BCUT2D eigenvalue weighted by atomic mass is 10.1. The summed E-state index contributed by atoms with van der Waals surface area (Å²) in [6, 6.07) is 5.43. The molecule has 1 aromatic carbocycles. The highest BCUT2D eigenvalue weighted by atomic mass is 79.9. The van der Waals surface area contributed by atoms with E-state index in [9.17, 15) is 9.59 Å². The zero-order valence-corrected chi connectivity index (χ0v) is 13.9. The maximum Gasteiger partial charge on any atom is 0.311 e. The number of nitrogens with zero attached hydrogens (tertiary/aromatic N) is 1. The Bertz CT molecular complexity index is 685. The third kappa shape index (κ3) is 4.12. The topological polar surface area (TPSA) is 68.3 Å². The monoisotopic (exact) mass is 368 g/mol. The van der Waals surface area contributed by atoms with Crippen LogP contribution >= 0.6 is 27.3 Å². The van der Waals surface area contributed by atoms with E-state index in [0.717, 1.165) is 10.0 Å². The number of aromatic nitrogens is 1. The van der Waals surface area contributed by atoms with E-state index in [1.54, 1.807) is 11.4 Å². The highest BCUT2D eigenvalue weighted by Gasteiger charge is 2.13. The Balaban J connectivity index is 2.07. The summed E-state index contributed by atoms with van der Waals surface area (Å²) in [7, 11) is 1.33. The van der Waals surface area contributed by atoms with Crippen molar-refractivity contribution in [3.05, 3.63) is 44.9 Å². The second-order valence-electron chi connectivity index (χ2n) is 4.31. The van der Waals surface area contributed by atoms with Gasteiger partial charge in [-0.05, 0) is 30.7 Å². The predicted octanol–water partition coefficient (Wildman–Crippen LogP) is 3.18. The van der Waals surface area contributed by atoms with Gasteiger partial charge in [-0.25, -0.2) is 4.98 Å². The Morgan fingerprint density at radius 1 is 1.43 bits per heavy atom. The number of thiazole rings is 1. The summed E-state index contributed by atoms with van der Waals surface area (Å²) in [6.07, 6.45) is 0.0974. The summed E-state index contributed by atoms with van der Waals surface area (Å²) in [4.78, 5) is 27.5. The van der Waals surface area contributed by atoms with E-state index in [2.05, 4.69) is 31.0 Å². The number of ether oxygens (including phenoxy) is 1. The van der Waals surface area contributed by atoms with Crippen molar-refractivity contribution in [2.75, 3.05) is 12.4 Å². The molecular weight excluding hydrogens is 356 g/mol. The van der Waals surface area contributed by atoms with Gasteiger partial charge in [0.05, 0.1) is 19.2 Å². The molecule has 0 aliphatic carbocycles. The summed E-state index contributed by atoms with van der Waals surface area (Å²) in [5.74, 6) is -0.583. The molecule has 0 radical (unpaired) electrons. The smallest absolute Gasteiger partial charge is 0.311 e. The highest BCUT2D eigenvalue weighted by Crippen LogP contribution is 2.20. The van der Waals surface area contributed by atoms with E-state index >= 15 is 0 Å². The molecule has 0 bridgehead atoms. The van der Waals surface area contributed by atoms with Gasteiger partial charge < -0.3 is 4.74 Å². The van der Waals surface area contributed by atoms with E-state index in [0.29, 0.717) is 16.4 Å². The van der Waals surface area contributed by atoms with Gasteiger partial charge in [0.1, 0.15) is 0 Å². The Kier molecular flexibility index (Phi) is 5.08. The molecule has 0 fully saturated rings. The average molecular weight is 369 g/mol. The van der Waals surface area contributed by atoms with Gasteiger partial charge in [0, 0.05) is 15.4 Å². The zero-order chi connectivity index (χ0) is 15.4. The average Bonchev–Trinajstić information content (AvgIpc) is 2.85. The standard InChI is InChI=1S/C14H13BrN2O3S/c1-8-5-9(15)3-4-11(8)13(19)17-14-16-10(7-21-14)6-12(18)20-2/h3-5,7H,6H2,1-2H3,(H,16,17,19). The number of hydrogen-bond acceptors (Lipinski definition) is 5. The molecule has 0 saturated heterocycles. The molecule has 0 saturated carbocycles. The van der Waals surface area contributed by atoms with Gasteiger partial charge in [0.15, 0.2) is 5.13 Å². The summed E-state index contributed by atoms with van der Waals surface area (Å²) in [6.45, 7) is 1.87. The van der Waals surface area contributed by atoms with Gasteiger partial charge in [0.2, 0.25) is 0 Å². The van der Waals surface area contributed by atoms with Crippen molar-refractivity contribution in [1.82, 2.24) is 4.98 Å². The quantitative estimate of drug-likeness (QED) is 0.841. The molecule has 0 atom stereocenters.